The molecular formula is C13H18ClNOS. The summed E-state index contributed by atoms with van der Waals surface area (Å²) in [6.07, 6.45) is 5.83. The zero-order chi connectivity index (χ0) is 12.1. The van der Waals surface area contributed by atoms with Gasteiger partial charge in [-0.1, -0.05) is 0 Å². The molecule has 1 amide bonds. The van der Waals surface area contributed by atoms with E-state index in [0.717, 1.165) is 19.3 Å². The Morgan fingerprint density at radius 3 is 3.24 bits per heavy atom. The minimum Gasteiger partial charge on any atom is -0.349 e. The van der Waals surface area contributed by atoms with E-state index in [-0.39, 0.29) is 11.9 Å². The maximum atomic E-state index is 11.8. The fourth-order valence-electron chi connectivity index (χ4n) is 2.28. The molecule has 17 heavy (non-hydrogen) atoms. The first-order valence-corrected chi connectivity index (χ1v) is 7.64. The SMILES string of the molecule is O=C(CCCCCl)NC1CCCc2sccc21. The highest BCUT2D eigenvalue weighted by atomic mass is 35.5. The Balaban J connectivity index is 1.86. The van der Waals surface area contributed by atoms with Gasteiger partial charge < -0.3 is 5.32 Å². The molecule has 1 heterocycles. The summed E-state index contributed by atoms with van der Waals surface area (Å²) in [7, 11) is 0. The molecule has 1 atom stereocenters. The standard InChI is InChI=1S/C13H18ClNOS/c14-8-2-1-6-13(16)15-11-4-3-5-12-10(11)7-9-17-12/h7,9,11H,1-6,8H2,(H,15,16). The van der Waals surface area contributed by atoms with Gasteiger partial charge >= 0.3 is 0 Å². The van der Waals surface area contributed by atoms with Crippen molar-refractivity contribution in [3.05, 3.63) is 21.9 Å². The lowest BCUT2D eigenvalue weighted by atomic mass is 9.94. The van der Waals surface area contributed by atoms with Crippen LogP contribution in [0.5, 0.6) is 0 Å². The van der Waals surface area contributed by atoms with Gasteiger partial charge in [-0.2, -0.15) is 0 Å². The van der Waals surface area contributed by atoms with Gasteiger partial charge in [-0.25, -0.2) is 0 Å². The molecule has 0 saturated carbocycles. The van der Waals surface area contributed by atoms with Crippen LogP contribution in [0.25, 0.3) is 0 Å². The van der Waals surface area contributed by atoms with Crippen molar-refractivity contribution in [2.24, 2.45) is 0 Å². The van der Waals surface area contributed by atoms with E-state index >= 15 is 0 Å². The number of nitrogens with one attached hydrogen (secondary N) is 1. The molecule has 1 aromatic rings. The number of unbranched alkanes of at least 4 members (excludes halogenated alkanes) is 1. The number of halogens is 1. The van der Waals surface area contributed by atoms with Crippen molar-refractivity contribution in [2.45, 2.75) is 44.6 Å². The molecule has 0 bridgehead atoms. The van der Waals surface area contributed by atoms with E-state index < -0.39 is 0 Å². The van der Waals surface area contributed by atoms with Crippen LogP contribution in [0.15, 0.2) is 11.4 Å². The Morgan fingerprint density at radius 2 is 2.41 bits per heavy atom. The predicted molar refractivity (Wildman–Crippen MR) is 72.7 cm³/mol. The van der Waals surface area contributed by atoms with Crippen LogP contribution in [-0.4, -0.2) is 11.8 Å². The number of alkyl halides is 1. The van der Waals surface area contributed by atoms with Crippen LogP contribution in [0.2, 0.25) is 0 Å². The van der Waals surface area contributed by atoms with Crippen molar-refractivity contribution in [3.8, 4) is 0 Å². The molecule has 94 valence electrons. The summed E-state index contributed by atoms with van der Waals surface area (Å²) in [6, 6.07) is 2.40. The van der Waals surface area contributed by atoms with Crippen LogP contribution in [0.3, 0.4) is 0 Å². The lowest BCUT2D eigenvalue weighted by Gasteiger charge is -2.23. The summed E-state index contributed by atoms with van der Waals surface area (Å²) in [6.45, 7) is 0. The summed E-state index contributed by atoms with van der Waals surface area (Å²) in [4.78, 5) is 13.2. The zero-order valence-corrected chi connectivity index (χ0v) is 11.4. The van der Waals surface area contributed by atoms with Gasteiger partial charge in [-0.3, -0.25) is 4.79 Å². The molecule has 0 fully saturated rings. The first kappa shape index (κ1) is 12.9. The van der Waals surface area contributed by atoms with Crippen molar-refractivity contribution in [1.29, 1.82) is 0 Å². The normalized spacial score (nSPS) is 18.8. The number of rotatable bonds is 5. The van der Waals surface area contributed by atoms with E-state index in [1.807, 2.05) is 11.3 Å². The van der Waals surface area contributed by atoms with Crippen LogP contribution in [-0.2, 0) is 11.2 Å². The van der Waals surface area contributed by atoms with E-state index in [1.165, 1.54) is 23.3 Å². The first-order valence-electron chi connectivity index (χ1n) is 6.23. The lowest BCUT2D eigenvalue weighted by molar-refractivity contribution is -0.122. The van der Waals surface area contributed by atoms with E-state index in [1.54, 1.807) is 0 Å². The van der Waals surface area contributed by atoms with Crippen LogP contribution in [0, 0.1) is 0 Å². The number of hydrogen-bond acceptors (Lipinski definition) is 2. The number of hydrogen-bond donors (Lipinski definition) is 1. The highest BCUT2D eigenvalue weighted by Gasteiger charge is 2.22. The predicted octanol–water partition coefficient (Wildman–Crippen LogP) is 3.65. The average molecular weight is 272 g/mol. The summed E-state index contributed by atoms with van der Waals surface area (Å²) >= 11 is 7.41. The highest BCUT2D eigenvalue weighted by Crippen LogP contribution is 2.33. The Kier molecular flexibility index (Phi) is 4.86. The Bertz CT molecular complexity index is 377. The largest absolute Gasteiger partial charge is 0.349 e. The third kappa shape index (κ3) is 3.46. The maximum absolute atomic E-state index is 11.8. The monoisotopic (exact) mass is 271 g/mol. The van der Waals surface area contributed by atoms with Gasteiger partial charge in [-0.15, -0.1) is 22.9 Å². The Hall–Kier alpha value is -0.540. The fourth-order valence-corrected chi connectivity index (χ4v) is 3.46. The summed E-state index contributed by atoms with van der Waals surface area (Å²) in [5, 5.41) is 5.27. The molecule has 2 rings (SSSR count). The molecule has 1 unspecified atom stereocenters. The number of carbonyl (C=O) groups is 1. The number of carbonyl (C=O) groups excluding carboxylic acids is 1. The van der Waals surface area contributed by atoms with Gasteiger partial charge in [0.2, 0.25) is 5.91 Å². The zero-order valence-electron chi connectivity index (χ0n) is 9.88. The highest BCUT2D eigenvalue weighted by molar-refractivity contribution is 7.10. The molecule has 2 nitrogen and oxygen atoms in total. The second-order valence-corrected chi connectivity index (χ2v) is 5.84. The minimum atomic E-state index is 0.166. The van der Waals surface area contributed by atoms with Gasteiger partial charge in [0, 0.05) is 17.2 Å². The first-order chi connectivity index (χ1) is 8.31. The minimum absolute atomic E-state index is 0.166. The molecule has 0 spiro atoms. The van der Waals surface area contributed by atoms with Crippen molar-refractivity contribution in [2.75, 3.05) is 5.88 Å². The van der Waals surface area contributed by atoms with Crippen LogP contribution in [0.4, 0.5) is 0 Å². The second-order valence-electron chi connectivity index (χ2n) is 4.46. The van der Waals surface area contributed by atoms with Gasteiger partial charge in [0.05, 0.1) is 6.04 Å². The Morgan fingerprint density at radius 1 is 1.53 bits per heavy atom. The molecule has 0 aliphatic heterocycles. The van der Waals surface area contributed by atoms with Crippen LogP contribution >= 0.6 is 22.9 Å². The Labute approximate surface area is 111 Å². The molecular weight excluding hydrogens is 254 g/mol. The van der Waals surface area contributed by atoms with E-state index in [9.17, 15) is 4.79 Å². The summed E-state index contributed by atoms with van der Waals surface area (Å²) in [5.41, 5.74) is 1.34. The molecule has 1 N–H and O–H groups in total. The van der Waals surface area contributed by atoms with Crippen LogP contribution in [0.1, 0.15) is 48.6 Å². The molecule has 1 aromatic heterocycles. The number of amides is 1. The van der Waals surface area contributed by atoms with Crippen molar-refractivity contribution in [3.63, 3.8) is 0 Å². The third-order valence-electron chi connectivity index (χ3n) is 3.17. The second kappa shape index (κ2) is 6.41. The van der Waals surface area contributed by atoms with Gasteiger partial charge in [0.15, 0.2) is 0 Å². The van der Waals surface area contributed by atoms with E-state index in [2.05, 4.69) is 16.8 Å². The molecule has 0 aromatic carbocycles. The fraction of sp³-hybridized carbons (Fsp3) is 0.615. The summed E-state index contributed by atoms with van der Waals surface area (Å²) in [5.74, 6) is 0.810. The van der Waals surface area contributed by atoms with Crippen molar-refractivity contribution < 1.29 is 4.79 Å². The van der Waals surface area contributed by atoms with E-state index in [0.29, 0.717) is 12.3 Å². The number of aryl methyl sites for hydroxylation is 1. The van der Waals surface area contributed by atoms with Gasteiger partial charge in [0.25, 0.3) is 0 Å². The average Bonchev–Trinajstić information content (AvgIpc) is 2.78. The van der Waals surface area contributed by atoms with Gasteiger partial charge in [-0.05, 0) is 49.1 Å². The molecule has 1 aliphatic rings. The quantitative estimate of drug-likeness (QED) is 0.643. The molecule has 4 heteroatoms. The lowest BCUT2D eigenvalue weighted by Crippen LogP contribution is -2.30. The van der Waals surface area contributed by atoms with E-state index in [4.69, 9.17) is 11.6 Å². The molecule has 1 aliphatic carbocycles. The maximum Gasteiger partial charge on any atom is 0.220 e. The van der Waals surface area contributed by atoms with Crippen molar-refractivity contribution >= 4 is 28.8 Å². The van der Waals surface area contributed by atoms with Gasteiger partial charge in [0.1, 0.15) is 0 Å². The third-order valence-corrected chi connectivity index (χ3v) is 4.44. The smallest absolute Gasteiger partial charge is 0.220 e. The molecule has 0 radical (unpaired) electrons. The van der Waals surface area contributed by atoms with Crippen molar-refractivity contribution in [1.82, 2.24) is 5.32 Å². The number of fused-ring (bicyclic) bond motifs is 1. The topological polar surface area (TPSA) is 29.1 Å². The van der Waals surface area contributed by atoms with Crippen LogP contribution < -0.4 is 5.32 Å². The molecule has 0 saturated heterocycles. The summed E-state index contributed by atoms with van der Waals surface area (Å²) < 4.78 is 0. The number of thiophene rings is 1.